The molecule has 2 N–H and O–H groups in total. The molecule has 3 saturated heterocycles. The number of fused-ring (bicyclic) bond motifs is 2. The average molecular weight is 268 g/mol. The molecule has 0 aliphatic carbocycles. The van der Waals surface area contributed by atoms with Crippen LogP contribution in [-0.2, 0) is 14.3 Å². The van der Waals surface area contributed by atoms with Crippen LogP contribution in [0.2, 0.25) is 0 Å². The van der Waals surface area contributed by atoms with E-state index in [1.807, 2.05) is 0 Å². The van der Waals surface area contributed by atoms with Crippen molar-refractivity contribution in [1.29, 1.82) is 0 Å². The maximum absolute atomic E-state index is 12.0. The number of nitrogens with one attached hydrogen (secondary N) is 2. The third-order valence-corrected chi connectivity index (χ3v) is 4.46. The van der Waals surface area contributed by atoms with Gasteiger partial charge in [0.15, 0.2) is 0 Å². The van der Waals surface area contributed by atoms with E-state index in [0.717, 1.165) is 12.8 Å². The summed E-state index contributed by atoms with van der Waals surface area (Å²) in [6.07, 6.45) is 5.59. The lowest BCUT2D eigenvalue weighted by atomic mass is 9.89. The van der Waals surface area contributed by atoms with Crippen molar-refractivity contribution in [3.8, 4) is 0 Å². The second-order valence-electron chi connectivity index (χ2n) is 6.05. The Morgan fingerprint density at radius 1 is 1.21 bits per heavy atom. The minimum atomic E-state index is 0.0295. The van der Waals surface area contributed by atoms with Crippen LogP contribution in [0, 0.1) is 5.92 Å². The number of amides is 1. The maximum atomic E-state index is 12.0. The molecule has 3 rings (SSSR count). The fourth-order valence-corrected chi connectivity index (χ4v) is 3.56. The highest BCUT2D eigenvalue weighted by Crippen LogP contribution is 2.32. The zero-order valence-corrected chi connectivity index (χ0v) is 11.4. The summed E-state index contributed by atoms with van der Waals surface area (Å²) < 4.78 is 10.8. The monoisotopic (exact) mass is 268 g/mol. The predicted octanol–water partition coefficient (Wildman–Crippen LogP) is 0.439. The Balaban J connectivity index is 1.36. The van der Waals surface area contributed by atoms with E-state index in [9.17, 15) is 4.79 Å². The van der Waals surface area contributed by atoms with Gasteiger partial charge in [0.1, 0.15) is 0 Å². The molecule has 3 fully saturated rings. The second-order valence-corrected chi connectivity index (χ2v) is 6.05. The summed E-state index contributed by atoms with van der Waals surface area (Å²) in [4.78, 5) is 12.0. The Morgan fingerprint density at radius 2 is 2.00 bits per heavy atom. The van der Waals surface area contributed by atoms with E-state index in [1.165, 1.54) is 12.8 Å². The van der Waals surface area contributed by atoms with Gasteiger partial charge in [0, 0.05) is 25.0 Å². The molecule has 0 aromatic carbocycles. The highest BCUT2D eigenvalue weighted by molar-refractivity contribution is 5.76. The van der Waals surface area contributed by atoms with Gasteiger partial charge in [0.05, 0.1) is 25.9 Å². The molecule has 0 radical (unpaired) electrons. The van der Waals surface area contributed by atoms with Gasteiger partial charge in [-0.15, -0.1) is 0 Å². The van der Waals surface area contributed by atoms with Crippen molar-refractivity contribution in [1.82, 2.24) is 10.6 Å². The molecule has 0 aromatic rings. The largest absolute Gasteiger partial charge is 0.376 e. The number of piperidine rings is 1. The van der Waals surface area contributed by atoms with E-state index < -0.39 is 0 Å². The fraction of sp³-hybridized carbons (Fsp3) is 0.929. The molecule has 5 nitrogen and oxygen atoms in total. The van der Waals surface area contributed by atoms with Crippen LogP contribution in [0.25, 0.3) is 0 Å². The number of carbonyl (C=O) groups excluding carboxylic acids is 1. The summed E-state index contributed by atoms with van der Waals surface area (Å²) in [5, 5.41) is 6.59. The topological polar surface area (TPSA) is 59.6 Å². The van der Waals surface area contributed by atoms with Crippen LogP contribution in [0.3, 0.4) is 0 Å². The van der Waals surface area contributed by atoms with E-state index in [-0.39, 0.29) is 12.0 Å². The van der Waals surface area contributed by atoms with E-state index in [1.54, 1.807) is 0 Å². The first-order chi connectivity index (χ1) is 9.29. The van der Waals surface area contributed by atoms with Crippen molar-refractivity contribution >= 4 is 5.91 Å². The third-order valence-electron chi connectivity index (χ3n) is 4.46. The molecule has 108 valence electrons. The first-order valence-electron chi connectivity index (χ1n) is 7.51. The number of hydrogen-bond donors (Lipinski definition) is 2. The van der Waals surface area contributed by atoms with Gasteiger partial charge >= 0.3 is 0 Å². The first-order valence-corrected chi connectivity index (χ1v) is 7.51. The maximum Gasteiger partial charge on any atom is 0.220 e. The zero-order chi connectivity index (χ0) is 13.1. The Morgan fingerprint density at radius 3 is 2.68 bits per heavy atom. The smallest absolute Gasteiger partial charge is 0.220 e. The van der Waals surface area contributed by atoms with E-state index in [2.05, 4.69) is 10.6 Å². The van der Waals surface area contributed by atoms with Crippen LogP contribution in [0.4, 0.5) is 0 Å². The Kier molecular flexibility index (Phi) is 4.35. The van der Waals surface area contributed by atoms with Crippen LogP contribution in [-0.4, -0.2) is 50.5 Å². The Labute approximate surface area is 114 Å². The third kappa shape index (κ3) is 3.68. The number of hydrogen-bond acceptors (Lipinski definition) is 4. The SMILES string of the molecule is O=C(CC1CC2CCC(C1)N2)NCC1COCCO1. The lowest BCUT2D eigenvalue weighted by Gasteiger charge is -2.29. The van der Waals surface area contributed by atoms with Gasteiger partial charge in [0.25, 0.3) is 0 Å². The molecule has 0 aromatic heterocycles. The number of carbonyl (C=O) groups is 1. The number of ether oxygens (including phenoxy) is 2. The van der Waals surface area contributed by atoms with Crippen molar-refractivity contribution < 1.29 is 14.3 Å². The summed E-state index contributed by atoms with van der Waals surface area (Å²) in [6, 6.07) is 1.32. The first kappa shape index (κ1) is 13.3. The summed E-state index contributed by atoms with van der Waals surface area (Å²) in [5.74, 6) is 0.725. The van der Waals surface area contributed by atoms with E-state index in [4.69, 9.17) is 9.47 Å². The van der Waals surface area contributed by atoms with E-state index >= 15 is 0 Å². The second kappa shape index (κ2) is 6.20. The lowest BCUT2D eigenvalue weighted by molar-refractivity contribution is -0.125. The molecule has 5 heteroatoms. The molecule has 2 bridgehead atoms. The molecule has 3 atom stereocenters. The van der Waals surface area contributed by atoms with E-state index in [0.29, 0.717) is 50.8 Å². The molecule has 0 saturated carbocycles. The molecule has 0 spiro atoms. The van der Waals surface area contributed by atoms with Crippen LogP contribution < -0.4 is 10.6 Å². The molecule has 19 heavy (non-hydrogen) atoms. The van der Waals surface area contributed by atoms with Gasteiger partial charge in [-0.05, 0) is 31.6 Å². The molecule has 1 amide bonds. The van der Waals surface area contributed by atoms with Gasteiger partial charge in [-0.2, -0.15) is 0 Å². The van der Waals surface area contributed by atoms with Crippen molar-refractivity contribution in [2.24, 2.45) is 5.92 Å². The molecule has 3 aliphatic rings. The molecule has 3 unspecified atom stereocenters. The van der Waals surface area contributed by atoms with Gasteiger partial charge in [-0.3, -0.25) is 4.79 Å². The molecule has 3 aliphatic heterocycles. The highest BCUT2D eigenvalue weighted by atomic mass is 16.6. The Bertz CT molecular complexity index is 306. The lowest BCUT2D eigenvalue weighted by Crippen LogP contribution is -2.42. The summed E-state index contributed by atoms with van der Waals surface area (Å²) in [5.41, 5.74) is 0. The van der Waals surface area contributed by atoms with Crippen molar-refractivity contribution in [2.75, 3.05) is 26.4 Å². The van der Waals surface area contributed by atoms with Crippen LogP contribution >= 0.6 is 0 Å². The molecular weight excluding hydrogens is 244 g/mol. The summed E-state index contributed by atoms with van der Waals surface area (Å²) >= 11 is 0. The number of rotatable bonds is 4. The highest BCUT2D eigenvalue weighted by Gasteiger charge is 2.34. The van der Waals surface area contributed by atoms with Gasteiger partial charge in [0.2, 0.25) is 5.91 Å². The van der Waals surface area contributed by atoms with Crippen molar-refractivity contribution in [3.63, 3.8) is 0 Å². The fourth-order valence-electron chi connectivity index (χ4n) is 3.56. The summed E-state index contributed by atoms with van der Waals surface area (Å²) in [6.45, 7) is 2.48. The van der Waals surface area contributed by atoms with Gasteiger partial charge < -0.3 is 20.1 Å². The molecular formula is C14H24N2O3. The van der Waals surface area contributed by atoms with Crippen LogP contribution in [0.5, 0.6) is 0 Å². The quantitative estimate of drug-likeness (QED) is 0.777. The van der Waals surface area contributed by atoms with Crippen molar-refractivity contribution in [3.05, 3.63) is 0 Å². The molecule has 3 heterocycles. The van der Waals surface area contributed by atoms with Gasteiger partial charge in [-0.1, -0.05) is 0 Å². The minimum absolute atomic E-state index is 0.0295. The van der Waals surface area contributed by atoms with Crippen molar-refractivity contribution in [2.45, 2.75) is 50.3 Å². The predicted molar refractivity (Wildman–Crippen MR) is 70.9 cm³/mol. The minimum Gasteiger partial charge on any atom is -0.376 e. The standard InChI is InChI=1S/C14H24N2O3/c17-14(15-8-13-9-18-3-4-19-13)7-10-5-11-1-2-12(6-10)16-11/h10-13,16H,1-9H2,(H,15,17). The van der Waals surface area contributed by atoms with Crippen LogP contribution in [0.1, 0.15) is 32.1 Å². The average Bonchev–Trinajstić information content (AvgIpc) is 2.77. The zero-order valence-electron chi connectivity index (χ0n) is 11.4. The Hall–Kier alpha value is -0.650. The van der Waals surface area contributed by atoms with Crippen LogP contribution in [0.15, 0.2) is 0 Å². The summed E-state index contributed by atoms with van der Waals surface area (Å²) in [7, 11) is 0. The van der Waals surface area contributed by atoms with Gasteiger partial charge in [-0.25, -0.2) is 0 Å². The normalized spacial score (nSPS) is 38.1.